The molecule has 0 fully saturated rings. The minimum Gasteiger partial charge on any atom is -0.497 e. The van der Waals surface area contributed by atoms with Gasteiger partial charge in [-0.1, -0.05) is 0 Å². The number of hydrogen-bond acceptors (Lipinski definition) is 4. The van der Waals surface area contributed by atoms with Gasteiger partial charge in [-0.15, -0.1) is 0 Å². The number of hydrogen-bond donors (Lipinski definition) is 2. The summed E-state index contributed by atoms with van der Waals surface area (Å²) in [6.07, 6.45) is 3.68. The van der Waals surface area contributed by atoms with E-state index in [1.54, 1.807) is 19.4 Å². The van der Waals surface area contributed by atoms with Gasteiger partial charge in [0.1, 0.15) is 11.6 Å². The number of benzene rings is 1. The second-order valence-electron chi connectivity index (χ2n) is 3.76. The molecule has 0 saturated heterocycles. The van der Waals surface area contributed by atoms with Crippen LogP contribution < -0.4 is 15.8 Å². The minimum atomic E-state index is 0.639. The molecule has 0 aliphatic carbocycles. The molecule has 0 bridgehead atoms. The number of nitrogens with two attached hydrogens (primary N) is 1. The summed E-state index contributed by atoms with van der Waals surface area (Å²) >= 11 is 0. The van der Waals surface area contributed by atoms with Crippen LogP contribution in [0.3, 0.4) is 0 Å². The summed E-state index contributed by atoms with van der Waals surface area (Å²) in [6.45, 7) is 0.639. The van der Waals surface area contributed by atoms with E-state index in [1.807, 2.05) is 29.9 Å². The first-order chi connectivity index (χ1) is 8.20. The fourth-order valence-corrected chi connectivity index (χ4v) is 1.57. The Balaban J connectivity index is 2.07. The predicted octanol–water partition coefficient (Wildman–Crippen LogP) is 1.62. The summed E-state index contributed by atoms with van der Waals surface area (Å²) in [5, 5.41) is 3.24. The summed E-state index contributed by atoms with van der Waals surface area (Å²) in [6, 6.07) is 5.56. The zero-order valence-electron chi connectivity index (χ0n) is 9.97. The molecule has 0 aliphatic rings. The van der Waals surface area contributed by atoms with Gasteiger partial charge in [0.25, 0.3) is 0 Å². The van der Waals surface area contributed by atoms with Crippen molar-refractivity contribution in [1.82, 2.24) is 9.55 Å². The Kier molecular flexibility index (Phi) is 3.18. The number of nitrogens with zero attached hydrogens (tertiary/aromatic N) is 2. The highest BCUT2D eigenvalue weighted by molar-refractivity contribution is 5.68. The molecule has 2 aromatic rings. The number of nitrogens with one attached hydrogen (secondary N) is 1. The van der Waals surface area contributed by atoms with Crippen molar-refractivity contribution in [2.24, 2.45) is 7.05 Å². The average molecular weight is 232 g/mol. The van der Waals surface area contributed by atoms with Crippen LogP contribution in [0.2, 0.25) is 0 Å². The van der Waals surface area contributed by atoms with Crippen LogP contribution >= 0.6 is 0 Å². The van der Waals surface area contributed by atoms with Crippen molar-refractivity contribution in [3.63, 3.8) is 0 Å². The standard InChI is InChI=1S/C12H16N4O/c1-16-6-5-14-12(16)8-15-11-4-3-9(17-2)7-10(11)13/h3-7,15H,8,13H2,1-2H3. The van der Waals surface area contributed by atoms with E-state index in [0.29, 0.717) is 12.2 Å². The van der Waals surface area contributed by atoms with Gasteiger partial charge in [-0.2, -0.15) is 0 Å². The van der Waals surface area contributed by atoms with Crippen molar-refractivity contribution in [3.8, 4) is 5.75 Å². The normalized spacial score (nSPS) is 10.2. The van der Waals surface area contributed by atoms with Gasteiger partial charge in [-0.3, -0.25) is 0 Å². The first-order valence-electron chi connectivity index (χ1n) is 5.34. The number of aryl methyl sites for hydroxylation is 1. The first-order valence-corrected chi connectivity index (χ1v) is 5.34. The molecule has 0 atom stereocenters. The lowest BCUT2D eigenvalue weighted by atomic mass is 10.2. The molecule has 1 heterocycles. The van der Waals surface area contributed by atoms with Crippen molar-refractivity contribution in [2.45, 2.75) is 6.54 Å². The minimum absolute atomic E-state index is 0.639. The lowest BCUT2D eigenvalue weighted by Gasteiger charge is -2.10. The van der Waals surface area contributed by atoms with E-state index in [0.717, 1.165) is 17.3 Å². The maximum Gasteiger partial charge on any atom is 0.127 e. The second-order valence-corrected chi connectivity index (χ2v) is 3.76. The molecule has 0 aliphatic heterocycles. The van der Waals surface area contributed by atoms with Crippen molar-refractivity contribution in [3.05, 3.63) is 36.4 Å². The van der Waals surface area contributed by atoms with Gasteiger partial charge >= 0.3 is 0 Å². The van der Waals surface area contributed by atoms with Crippen LogP contribution in [-0.4, -0.2) is 16.7 Å². The molecule has 5 heteroatoms. The maximum atomic E-state index is 5.90. The third-order valence-corrected chi connectivity index (χ3v) is 2.62. The van der Waals surface area contributed by atoms with Gasteiger partial charge in [-0.05, 0) is 12.1 Å². The van der Waals surface area contributed by atoms with Crippen LogP contribution in [0, 0.1) is 0 Å². The van der Waals surface area contributed by atoms with E-state index in [-0.39, 0.29) is 0 Å². The molecular weight excluding hydrogens is 216 g/mol. The van der Waals surface area contributed by atoms with Crippen LogP contribution in [0.15, 0.2) is 30.6 Å². The molecule has 0 amide bonds. The Labute approximate surface area is 100 Å². The van der Waals surface area contributed by atoms with Gasteiger partial charge in [0.05, 0.1) is 25.0 Å². The van der Waals surface area contributed by atoms with E-state index in [1.165, 1.54) is 0 Å². The maximum absolute atomic E-state index is 5.90. The fourth-order valence-electron chi connectivity index (χ4n) is 1.57. The van der Waals surface area contributed by atoms with Crippen LogP contribution in [-0.2, 0) is 13.6 Å². The summed E-state index contributed by atoms with van der Waals surface area (Å²) in [5.74, 6) is 1.71. The number of ether oxygens (including phenoxy) is 1. The van der Waals surface area contributed by atoms with Gasteiger partial charge in [0, 0.05) is 25.5 Å². The third-order valence-electron chi connectivity index (χ3n) is 2.62. The number of aromatic nitrogens is 2. The van der Waals surface area contributed by atoms with Gasteiger partial charge in [-0.25, -0.2) is 4.98 Å². The number of nitrogen functional groups attached to an aromatic ring is 1. The van der Waals surface area contributed by atoms with Crippen molar-refractivity contribution >= 4 is 11.4 Å². The summed E-state index contributed by atoms with van der Waals surface area (Å²) < 4.78 is 7.06. The molecule has 0 spiro atoms. The van der Waals surface area contributed by atoms with Gasteiger partial charge in [0.2, 0.25) is 0 Å². The number of methoxy groups -OCH3 is 1. The van der Waals surface area contributed by atoms with Crippen molar-refractivity contribution in [1.29, 1.82) is 0 Å². The monoisotopic (exact) mass is 232 g/mol. The molecule has 5 nitrogen and oxygen atoms in total. The van der Waals surface area contributed by atoms with Gasteiger partial charge < -0.3 is 20.4 Å². The molecule has 2 rings (SSSR count). The van der Waals surface area contributed by atoms with Crippen LogP contribution in [0.25, 0.3) is 0 Å². The third kappa shape index (κ3) is 2.50. The zero-order chi connectivity index (χ0) is 12.3. The molecule has 17 heavy (non-hydrogen) atoms. The summed E-state index contributed by atoms with van der Waals surface area (Å²) in [7, 11) is 3.58. The Morgan fingerprint density at radius 2 is 2.29 bits per heavy atom. The summed E-state index contributed by atoms with van der Waals surface area (Å²) in [4.78, 5) is 4.23. The molecule has 1 aromatic carbocycles. The quantitative estimate of drug-likeness (QED) is 0.786. The molecular formula is C12H16N4O. The molecule has 3 N–H and O–H groups in total. The van der Waals surface area contributed by atoms with Crippen LogP contribution in [0.5, 0.6) is 5.75 Å². The van der Waals surface area contributed by atoms with E-state index in [9.17, 15) is 0 Å². The highest BCUT2D eigenvalue weighted by Gasteiger charge is 2.03. The van der Waals surface area contributed by atoms with E-state index in [2.05, 4.69) is 10.3 Å². The average Bonchev–Trinajstić information content (AvgIpc) is 2.73. The van der Waals surface area contributed by atoms with Crippen molar-refractivity contribution in [2.75, 3.05) is 18.2 Å². The Bertz CT molecular complexity index is 507. The molecule has 0 radical (unpaired) electrons. The lowest BCUT2D eigenvalue weighted by Crippen LogP contribution is -2.07. The van der Waals surface area contributed by atoms with Crippen LogP contribution in [0.4, 0.5) is 11.4 Å². The van der Waals surface area contributed by atoms with E-state index < -0.39 is 0 Å². The molecule has 1 aromatic heterocycles. The molecule has 0 saturated carbocycles. The fraction of sp³-hybridized carbons (Fsp3) is 0.250. The molecule has 90 valence electrons. The Hall–Kier alpha value is -2.17. The second kappa shape index (κ2) is 4.78. The largest absolute Gasteiger partial charge is 0.497 e. The Morgan fingerprint density at radius 1 is 1.47 bits per heavy atom. The predicted molar refractivity (Wildman–Crippen MR) is 67.9 cm³/mol. The van der Waals surface area contributed by atoms with E-state index >= 15 is 0 Å². The van der Waals surface area contributed by atoms with Crippen molar-refractivity contribution < 1.29 is 4.74 Å². The topological polar surface area (TPSA) is 65.1 Å². The van der Waals surface area contributed by atoms with Gasteiger partial charge in [0.15, 0.2) is 0 Å². The number of imidazole rings is 1. The summed E-state index contributed by atoms with van der Waals surface area (Å²) in [5.41, 5.74) is 7.45. The highest BCUT2D eigenvalue weighted by atomic mass is 16.5. The smallest absolute Gasteiger partial charge is 0.127 e. The Morgan fingerprint density at radius 3 is 2.88 bits per heavy atom. The van der Waals surface area contributed by atoms with E-state index in [4.69, 9.17) is 10.5 Å². The zero-order valence-corrected chi connectivity index (χ0v) is 9.97. The van der Waals surface area contributed by atoms with Crippen LogP contribution in [0.1, 0.15) is 5.82 Å². The first kappa shape index (κ1) is 11.3. The number of anilines is 2. The lowest BCUT2D eigenvalue weighted by molar-refractivity contribution is 0.415. The SMILES string of the molecule is COc1ccc(NCc2nccn2C)c(N)c1. The molecule has 0 unspecified atom stereocenters. The highest BCUT2D eigenvalue weighted by Crippen LogP contribution is 2.24. The number of rotatable bonds is 4.